The van der Waals surface area contributed by atoms with E-state index in [1.165, 1.54) is 5.56 Å². The van der Waals surface area contributed by atoms with Crippen LogP contribution < -0.4 is 14.5 Å². The van der Waals surface area contributed by atoms with Crippen LogP contribution in [-0.4, -0.2) is 53.4 Å². The summed E-state index contributed by atoms with van der Waals surface area (Å²) < 4.78 is 6.13. The number of hydrogen-bond donors (Lipinski definition) is 0. The van der Waals surface area contributed by atoms with E-state index in [0.717, 1.165) is 56.2 Å². The van der Waals surface area contributed by atoms with Crippen molar-refractivity contribution in [2.75, 3.05) is 36.5 Å². The first-order valence-electron chi connectivity index (χ1n) is 16.5. The van der Waals surface area contributed by atoms with Gasteiger partial charge in [-0.05, 0) is 60.7 Å². The summed E-state index contributed by atoms with van der Waals surface area (Å²) in [4.78, 5) is 42.5. The summed E-state index contributed by atoms with van der Waals surface area (Å²) >= 11 is 6.09. The van der Waals surface area contributed by atoms with Gasteiger partial charge in [-0.3, -0.25) is 9.59 Å². The lowest BCUT2D eigenvalue weighted by molar-refractivity contribution is -0.116. The van der Waals surface area contributed by atoms with Gasteiger partial charge in [0.05, 0.1) is 11.3 Å². The molecule has 0 saturated carbocycles. The van der Waals surface area contributed by atoms with E-state index >= 15 is 0 Å². The summed E-state index contributed by atoms with van der Waals surface area (Å²) in [6.07, 6.45) is 8.65. The molecule has 4 aromatic rings. The largest absolute Gasteiger partial charge is 0.487 e. The summed E-state index contributed by atoms with van der Waals surface area (Å²) in [5, 5.41) is 0.618. The quantitative estimate of drug-likeness (QED) is 0.194. The average Bonchev–Trinajstić information content (AvgIpc) is 3.11. The van der Waals surface area contributed by atoms with Crippen LogP contribution in [0, 0.1) is 0 Å². The Labute approximate surface area is 283 Å². The predicted octanol–water partition coefficient (Wildman–Crippen LogP) is 7.74. The normalized spacial score (nSPS) is 14.3. The molecule has 9 heteroatoms. The lowest BCUT2D eigenvalue weighted by Crippen LogP contribution is -2.35. The molecular weight excluding hydrogens is 610 g/mol. The highest BCUT2D eigenvalue weighted by atomic mass is 35.5. The van der Waals surface area contributed by atoms with E-state index in [-0.39, 0.29) is 18.4 Å². The molecule has 2 amide bonds. The van der Waals surface area contributed by atoms with Crippen molar-refractivity contribution in [3.63, 3.8) is 0 Å². The standard InChI is InChI=1S/C38H44ClN5O3/c1-29(45)44-24-13-6-4-3-5-12-23-43(27-31-16-10-11-17-36(31)44)37(46)34-26-40-38(42(2)25-22-30-14-8-7-9-15-30)41-35(34)28-47-33-20-18-32(39)19-21-33/h7-11,14-21,26H,3-6,12-13,22-25,27-28H2,1-2H3. The summed E-state index contributed by atoms with van der Waals surface area (Å²) in [5.74, 6) is 1.01. The van der Waals surface area contributed by atoms with E-state index in [1.54, 1.807) is 37.4 Å². The maximum atomic E-state index is 14.5. The lowest BCUT2D eigenvalue weighted by atomic mass is 10.1. The Bertz CT molecular complexity index is 1620. The van der Waals surface area contributed by atoms with Crippen LogP contribution in [0.15, 0.2) is 85.1 Å². The van der Waals surface area contributed by atoms with Crippen molar-refractivity contribution in [3.8, 4) is 5.75 Å². The van der Waals surface area contributed by atoms with Crippen LogP contribution in [0.1, 0.15) is 72.6 Å². The molecule has 2 heterocycles. The third-order valence-electron chi connectivity index (χ3n) is 8.57. The average molecular weight is 654 g/mol. The third-order valence-corrected chi connectivity index (χ3v) is 8.82. The smallest absolute Gasteiger partial charge is 0.257 e. The van der Waals surface area contributed by atoms with Crippen molar-refractivity contribution in [2.45, 2.75) is 65.0 Å². The van der Waals surface area contributed by atoms with Gasteiger partial charge in [-0.25, -0.2) is 9.97 Å². The Morgan fingerprint density at radius 1 is 0.872 bits per heavy atom. The molecule has 1 aliphatic rings. The number of rotatable bonds is 8. The highest BCUT2D eigenvalue weighted by Crippen LogP contribution is 2.26. The molecule has 0 aliphatic carbocycles. The van der Waals surface area contributed by atoms with Crippen molar-refractivity contribution in [2.24, 2.45) is 0 Å². The van der Waals surface area contributed by atoms with E-state index in [1.807, 2.05) is 64.2 Å². The van der Waals surface area contributed by atoms with Gasteiger partial charge < -0.3 is 19.4 Å². The van der Waals surface area contributed by atoms with Crippen LogP contribution >= 0.6 is 11.6 Å². The summed E-state index contributed by atoms with van der Waals surface area (Å²) in [5.41, 5.74) is 3.95. The predicted molar refractivity (Wildman–Crippen MR) is 188 cm³/mol. The van der Waals surface area contributed by atoms with E-state index in [4.69, 9.17) is 21.3 Å². The van der Waals surface area contributed by atoms with Crippen LogP contribution in [0.25, 0.3) is 0 Å². The second-order valence-corrected chi connectivity index (χ2v) is 12.5. The maximum absolute atomic E-state index is 14.5. The van der Waals surface area contributed by atoms with Gasteiger partial charge in [0.15, 0.2) is 0 Å². The third kappa shape index (κ3) is 9.55. The minimum atomic E-state index is -0.155. The Morgan fingerprint density at radius 3 is 2.30 bits per heavy atom. The first-order chi connectivity index (χ1) is 22.9. The van der Waals surface area contributed by atoms with E-state index in [0.29, 0.717) is 54.2 Å². The lowest BCUT2D eigenvalue weighted by Gasteiger charge is -2.28. The number of amides is 2. The number of para-hydroxylation sites is 1. The summed E-state index contributed by atoms with van der Waals surface area (Å²) in [6.45, 7) is 4.04. The molecule has 246 valence electrons. The summed E-state index contributed by atoms with van der Waals surface area (Å²) in [6, 6.07) is 25.3. The van der Waals surface area contributed by atoms with Crippen LogP contribution in [0.2, 0.25) is 5.02 Å². The Morgan fingerprint density at radius 2 is 1.55 bits per heavy atom. The molecule has 0 unspecified atom stereocenters. The zero-order valence-electron chi connectivity index (χ0n) is 27.4. The number of benzene rings is 3. The van der Waals surface area contributed by atoms with E-state index < -0.39 is 0 Å². The fourth-order valence-corrected chi connectivity index (χ4v) is 5.99. The van der Waals surface area contributed by atoms with Gasteiger partial charge in [0.25, 0.3) is 5.91 Å². The molecule has 0 fully saturated rings. The van der Waals surface area contributed by atoms with Crippen LogP contribution in [0.3, 0.4) is 0 Å². The van der Waals surface area contributed by atoms with Gasteiger partial charge >= 0.3 is 0 Å². The van der Waals surface area contributed by atoms with E-state index in [2.05, 4.69) is 17.1 Å². The molecular formula is C38H44ClN5O3. The van der Waals surface area contributed by atoms with Crippen molar-refractivity contribution < 1.29 is 14.3 Å². The number of carbonyl (C=O) groups is 2. The number of ether oxygens (including phenoxy) is 1. The Kier molecular flexibility index (Phi) is 12.2. The Hall–Kier alpha value is -4.43. The zero-order valence-corrected chi connectivity index (χ0v) is 28.2. The van der Waals surface area contributed by atoms with E-state index in [9.17, 15) is 9.59 Å². The van der Waals surface area contributed by atoms with Crippen LogP contribution in [0.5, 0.6) is 5.75 Å². The molecule has 5 rings (SSSR count). The van der Waals surface area contributed by atoms with Crippen LogP contribution in [0.4, 0.5) is 11.6 Å². The fraction of sp³-hybridized carbons (Fsp3) is 0.368. The molecule has 1 aliphatic heterocycles. The van der Waals surface area contributed by atoms with Gasteiger partial charge in [-0.1, -0.05) is 85.8 Å². The molecule has 0 radical (unpaired) electrons. The second-order valence-electron chi connectivity index (χ2n) is 12.1. The number of anilines is 2. The topological polar surface area (TPSA) is 78.9 Å². The Balaban J connectivity index is 1.45. The number of hydrogen-bond acceptors (Lipinski definition) is 6. The molecule has 1 aromatic heterocycles. The monoisotopic (exact) mass is 653 g/mol. The number of halogens is 1. The molecule has 0 N–H and O–H groups in total. The van der Waals surface area contributed by atoms with Gasteiger partial charge in [-0.15, -0.1) is 0 Å². The van der Waals surface area contributed by atoms with Crippen molar-refractivity contribution in [3.05, 3.63) is 112 Å². The molecule has 0 saturated heterocycles. The van der Waals surface area contributed by atoms with Gasteiger partial charge in [0, 0.05) is 57.1 Å². The number of likely N-dealkylation sites (N-methyl/N-ethyl adjacent to an activating group) is 1. The van der Waals surface area contributed by atoms with Gasteiger partial charge in [-0.2, -0.15) is 0 Å². The zero-order chi connectivity index (χ0) is 33.0. The van der Waals surface area contributed by atoms with Gasteiger partial charge in [0.1, 0.15) is 12.4 Å². The number of fused-ring (bicyclic) bond motifs is 1. The molecule has 0 spiro atoms. The SMILES string of the molecule is CC(=O)N1CCCCCCCCN(C(=O)c2cnc(N(C)CCc3ccccc3)nc2COc2ccc(Cl)cc2)Cc2ccccc21. The minimum Gasteiger partial charge on any atom is -0.487 e. The second kappa shape index (κ2) is 16.9. The molecule has 8 nitrogen and oxygen atoms in total. The number of carbonyl (C=O) groups excluding carboxylic acids is 2. The molecule has 3 aromatic carbocycles. The van der Waals surface area contributed by atoms with Crippen LogP contribution in [-0.2, 0) is 24.4 Å². The summed E-state index contributed by atoms with van der Waals surface area (Å²) in [7, 11) is 1.96. The maximum Gasteiger partial charge on any atom is 0.257 e. The number of aromatic nitrogens is 2. The number of nitrogens with zero attached hydrogens (tertiary/aromatic N) is 5. The first-order valence-corrected chi connectivity index (χ1v) is 16.9. The highest BCUT2D eigenvalue weighted by Gasteiger charge is 2.25. The van der Waals surface area contributed by atoms with Crippen molar-refractivity contribution in [1.82, 2.24) is 14.9 Å². The van der Waals surface area contributed by atoms with Gasteiger partial charge in [0.2, 0.25) is 11.9 Å². The molecule has 47 heavy (non-hydrogen) atoms. The molecule has 0 bridgehead atoms. The highest BCUT2D eigenvalue weighted by molar-refractivity contribution is 6.30. The fourth-order valence-electron chi connectivity index (χ4n) is 5.87. The first kappa shape index (κ1) is 33.9. The molecule has 0 atom stereocenters. The van der Waals surface area contributed by atoms with Crippen molar-refractivity contribution in [1.29, 1.82) is 0 Å². The van der Waals surface area contributed by atoms with Crippen molar-refractivity contribution >= 4 is 35.1 Å². The minimum absolute atomic E-state index is 0.00667.